The number of piperazine rings is 1. The van der Waals surface area contributed by atoms with Crippen LogP contribution in [-0.4, -0.2) is 48.7 Å². The number of carbonyl (C=O) groups is 1. The molecule has 7 heteroatoms. The molecular formula is C19H18F2N2O3. The zero-order valence-corrected chi connectivity index (χ0v) is 14.1. The Hall–Kier alpha value is -2.67. The smallest absolute Gasteiger partial charge is 0.257 e. The molecule has 2 aliphatic rings. The maximum Gasteiger partial charge on any atom is 0.257 e. The summed E-state index contributed by atoms with van der Waals surface area (Å²) in [6, 6.07) is 8.80. The summed E-state index contributed by atoms with van der Waals surface area (Å²) in [5.41, 5.74) is 0.888. The zero-order valence-electron chi connectivity index (χ0n) is 14.1. The highest BCUT2D eigenvalue weighted by Gasteiger charge is 2.25. The number of benzene rings is 2. The monoisotopic (exact) mass is 360 g/mol. The van der Waals surface area contributed by atoms with Gasteiger partial charge in [0.15, 0.2) is 11.5 Å². The van der Waals surface area contributed by atoms with Crippen molar-refractivity contribution in [2.45, 2.75) is 6.54 Å². The summed E-state index contributed by atoms with van der Waals surface area (Å²) >= 11 is 0. The first-order chi connectivity index (χ1) is 12.6. The number of ether oxygens (including phenoxy) is 2. The van der Waals surface area contributed by atoms with E-state index in [4.69, 9.17) is 9.47 Å². The molecule has 0 N–H and O–H groups in total. The fraction of sp³-hybridized carbons (Fsp3) is 0.316. The first-order valence-electron chi connectivity index (χ1n) is 8.45. The third-order valence-corrected chi connectivity index (χ3v) is 4.66. The Balaban J connectivity index is 1.36. The van der Waals surface area contributed by atoms with Crippen molar-refractivity contribution in [2.24, 2.45) is 0 Å². The standard InChI is InChI=1S/C19H18F2N2O3/c20-14-2-3-16(21)15(10-14)19(24)23-7-5-22(6-8-23)11-13-1-4-17-18(9-13)26-12-25-17/h1-4,9-10H,5-8,11-12H2. The van der Waals surface area contributed by atoms with Crippen molar-refractivity contribution in [1.82, 2.24) is 9.80 Å². The van der Waals surface area contributed by atoms with Gasteiger partial charge in [-0.3, -0.25) is 9.69 Å². The summed E-state index contributed by atoms with van der Waals surface area (Å²) in [6.45, 7) is 3.25. The van der Waals surface area contributed by atoms with Crippen molar-refractivity contribution < 1.29 is 23.0 Å². The van der Waals surface area contributed by atoms with E-state index in [9.17, 15) is 13.6 Å². The fourth-order valence-corrected chi connectivity index (χ4v) is 3.24. The number of nitrogens with zero attached hydrogens (tertiary/aromatic N) is 2. The molecule has 1 amide bonds. The molecule has 0 aliphatic carbocycles. The van der Waals surface area contributed by atoms with Crippen LogP contribution in [0, 0.1) is 11.6 Å². The molecule has 26 heavy (non-hydrogen) atoms. The molecule has 2 aromatic rings. The highest BCUT2D eigenvalue weighted by molar-refractivity contribution is 5.94. The molecule has 4 rings (SSSR count). The summed E-state index contributed by atoms with van der Waals surface area (Å²) in [5.74, 6) is -0.278. The number of hydrogen-bond donors (Lipinski definition) is 0. The molecule has 5 nitrogen and oxygen atoms in total. The van der Waals surface area contributed by atoms with E-state index in [0.29, 0.717) is 26.2 Å². The van der Waals surface area contributed by atoms with Crippen molar-refractivity contribution in [3.63, 3.8) is 0 Å². The van der Waals surface area contributed by atoms with E-state index < -0.39 is 17.5 Å². The van der Waals surface area contributed by atoms with E-state index in [2.05, 4.69) is 4.90 Å². The number of halogens is 2. The summed E-state index contributed by atoms with van der Waals surface area (Å²) in [5, 5.41) is 0. The van der Waals surface area contributed by atoms with Crippen LogP contribution < -0.4 is 9.47 Å². The van der Waals surface area contributed by atoms with Gasteiger partial charge in [0.25, 0.3) is 5.91 Å². The van der Waals surface area contributed by atoms with Gasteiger partial charge >= 0.3 is 0 Å². The third kappa shape index (κ3) is 3.35. The average Bonchev–Trinajstić information content (AvgIpc) is 3.11. The van der Waals surface area contributed by atoms with Gasteiger partial charge in [0.05, 0.1) is 5.56 Å². The SMILES string of the molecule is O=C(c1cc(F)ccc1F)N1CCN(Cc2ccc3c(c2)OCO3)CC1. The van der Waals surface area contributed by atoms with Crippen LogP contribution in [0.2, 0.25) is 0 Å². The first-order valence-corrected chi connectivity index (χ1v) is 8.45. The largest absolute Gasteiger partial charge is 0.454 e. The van der Waals surface area contributed by atoms with Gasteiger partial charge in [0.1, 0.15) is 11.6 Å². The summed E-state index contributed by atoms with van der Waals surface area (Å²) < 4.78 is 37.8. The van der Waals surface area contributed by atoms with Gasteiger partial charge in [-0.05, 0) is 35.9 Å². The van der Waals surface area contributed by atoms with Crippen LogP contribution in [0.25, 0.3) is 0 Å². The molecule has 0 aromatic heterocycles. The molecule has 0 spiro atoms. The average molecular weight is 360 g/mol. The van der Waals surface area contributed by atoms with Crippen molar-refractivity contribution >= 4 is 5.91 Å². The van der Waals surface area contributed by atoms with Crippen molar-refractivity contribution in [3.05, 3.63) is 59.2 Å². The molecule has 2 aliphatic heterocycles. The molecule has 0 atom stereocenters. The number of amides is 1. The van der Waals surface area contributed by atoms with Crippen LogP contribution in [-0.2, 0) is 6.54 Å². The highest BCUT2D eigenvalue weighted by atomic mass is 19.1. The van der Waals surface area contributed by atoms with Crippen molar-refractivity contribution in [3.8, 4) is 11.5 Å². The van der Waals surface area contributed by atoms with Crippen LogP contribution in [0.5, 0.6) is 11.5 Å². The lowest BCUT2D eigenvalue weighted by Crippen LogP contribution is -2.48. The van der Waals surface area contributed by atoms with Crippen LogP contribution in [0.15, 0.2) is 36.4 Å². The molecular weight excluding hydrogens is 342 g/mol. The molecule has 2 heterocycles. The maximum absolute atomic E-state index is 13.8. The molecule has 0 bridgehead atoms. The van der Waals surface area contributed by atoms with Gasteiger partial charge in [-0.1, -0.05) is 6.07 Å². The number of rotatable bonds is 3. The van der Waals surface area contributed by atoms with E-state index in [0.717, 1.165) is 41.8 Å². The van der Waals surface area contributed by atoms with Gasteiger partial charge in [0.2, 0.25) is 6.79 Å². The normalized spacial score (nSPS) is 16.8. The van der Waals surface area contributed by atoms with Crippen molar-refractivity contribution in [2.75, 3.05) is 33.0 Å². The van der Waals surface area contributed by atoms with Gasteiger partial charge in [-0.2, -0.15) is 0 Å². The van der Waals surface area contributed by atoms with Gasteiger partial charge in [-0.25, -0.2) is 8.78 Å². The van der Waals surface area contributed by atoms with Crippen LogP contribution >= 0.6 is 0 Å². The molecule has 2 aromatic carbocycles. The first kappa shape index (κ1) is 16.8. The third-order valence-electron chi connectivity index (χ3n) is 4.66. The summed E-state index contributed by atoms with van der Waals surface area (Å²) in [4.78, 5) is 16.2. The number of hydrogen-bond acceptors (Lipinski definition) is 4. The van der Waals surface area contributed by atoms with E-state index in [1.807, 2.05) is 18.2 Å². The second kappa shape index (κ2) is 6.92. The molecule has 0 unspecified atom stereocenters. The Kier molecular flexibility index (Phi) is 4.46. The Bertz CT molecular complexity index is 836. The molecule has 1 fully saturated rings. The van der Waals surface area contributed by atoms with Gasteiger partial charge < -0.3 is 14.4 Å². The van der Waals surface area contributed by atoms with Crippen LogP contribution in [0.1, 0.15) is 15.9 Å². The summed E-state index contributed by atoms with van der Waals surface area (Å²) in [7, 11) is 0. The molecule has 0 saturated carbocycles. The number of carbonyl (C=O) groups excluding carboxylic acids is 1. The lowest BCUT2D eigenvalue weighted by Gasteiger charge is -2.34. The lowest BCUT2D eigenvalue weighted by atomic mass is 10.1. The molecule has 1 saturated heterocycles. The minimum atomic E-state index is -0.695. The van der Waals surface area contributed by atoms with Crippen LogP contribution in [0.4, 0.5) is 8.78 Å². The predicted octanol–water partition coefficient (Wildman–Crippen LogP) is 2.65. The molecule has 136 valence electrons. The topological polar surface area (TPSA) is 42.0 Å². The quantitative estimate of drug-likeness (QED) is 0.844. The van der Waals surface area contributed by atoms with E-state index in [-0.39, 0.29) is 12.4 Å². The van der Waals surface area contributed by atoms with Crippen molar-refractivity contribution in [1.29, 1.82) is 0 Å². The Morgan fingerprint density at radius 2 is 1.73 bits per heavy atom. The second-order valence-corrected chi connectivity index (χ2v) is 6.38. The highest BCUT2D eigenvalue weighted by Crippen LogP contribution is 2.32. The fourth-order valence-electron chi connectivity index (χ4n) is 3.24. The van der Waals surface area contributed by atoms with Gasteiger partial charge in [-0.15, -0.1) is 0 Å². The number of fused-ring (bicyclic) bond motifs is 1. The van der Waals surface area contributed by atoms with E-state index in [1.165, 1.54) is 0 Å². The minimum Gasteiger partial charge on any atom is -0.454 e. The zero-order chi connectivity index (χ0) is 18.1. The Morgan fingerprint density at radius 1 is 0.962 bits per heavy atom. The lowest BCUT2D eigenvalue weighted by molar-refractivity contribution is 0.0623. The Labute approximate surface area is 149 Å². The minimum absolute atomic E-state index is 0.214. The second-order valence-electron chi connectivity index (χ2n) is 6.38. The Morgan fingerprint density at radius 3 is 2.54 bits per heavy atom. The molecule has 0 radical (unpaired) electrons. The summed E-state index contributed by atoms with van der Waals surface area (Å²) in [6.07, 6.45) is 0. The van der Waals surface area contributed by atoms with E-state index in [1.54, 1.807) is 4.90 Å². The van der Waals surface area contributed by atoms with E-state index >= 15 is 0 Å². The predicted molar refractivity (Wildman–Crippen MR) is 90.1 cm³/mol. The van der Waals surface area contributed by atoms with Gasteiger partial charge in [0, 0.05) is 32.7 Å². The maximum atomic E-state index is 13.8. The van der Waals surface area contributed by atoms with Crippen LogP contribution in [0.3, 0.4) is 0 Å².